The van der Waals surface area contributed by atoms with Gasteiger partial charge in [-0.3, -0.25) is 4.79 Å². The number of fused-ring (bicyclic) bond motifs is 1. The van der Waals surface area contributed by atoms with Gasteiger partial charge in [0.25, 0.3) is 0 Å². The van der Waals surface area contributed by atoms with E-state index in [4.69, 9.17) is 5.73 Å². The Morgan fingerprint density at radius 2 is 1.85 bits per heavy atom. The van der Waals surface area contributed by atoms with Crippen LogP contribution in [0.25, 0.3) is 0 Å². The normalized spacial score (nSPS) is 21.5. The fraction of sp³-hybridized carbons (Fsp3) is 0.500. The first-order valence-electron chi connectivity index (χ1n) is 8.72. The number of rotatable bonds is 3. The molecule has 2 atom stereocenters. The second kappa shape index (κ2) is 8.84. The Hall–Kier alpha value is -1.63. The van der Waals surface area contributed by atoms with Crippen LogP contribution in [0.1, 0.15) is 35.7 Å². The Labute approximate surface area is 165 Å². The minimum absolute atomic E-state index is 0. The van der Waals surface area contributed by atoms with Crippen molar-refractivity contribution in [3.63, 3.8) is 0 Å². The first-order chi connectivity index (χ1) is 11.7. The minimum Gasteiger partial charge on any atom is -0.339 e. The van der Waals surface area contributed by atoms with Crippen LogP contribution in [0.3, 0.4) is 0 Å². The number of hydrogen-bond donors (Lipinski definition) is 1. The molecule has 0 radical (unpaired) electrons. The molecule has 1 aliphatic carbocycles. The molecular formula is C18H25Cl2N5O. The molecule has 26 heavy (non-hydrogen) atoms. The average molecular weight is 398 g/mol. The van der Waals surface area contributed by atoms with E-state index in [0.717, 1.165) is 30.7 Å². The van der Waals surface area contributed by atoms with Crippen LogP contribution in [0, 0.1) is 0 Å². The van der Waals surface area contributed by atoms with Crippen LogP contribution in [0.2, 0.25) is 0 Å². The van der Waals surface area contributed by atoms with E-state index in [1.54, 1.807) is 4.68 Å². The minimum atomic E-state index is -0.0130. The molecule has 0 unspecified atom stereocenters. The average Bonchev–Trinajstić information content (AvgIpc) is 3.20. The molecule has 1 amide bonds. The molecule has 2 aromatic rings. The lowest BCUT2D eigenvalue weighted by molar-refractivity contribution is -0.131. The molecule has 1 aromatic carbocycles. The van der Waals surface area contributed by atoms with Gasteiger partial charge in [-0.05, 0) is 31.2 Å². The Bertz CT molecular complexity index is 736. The van der Waals surface area contributed by atoms with Crippen LogP contribution in [-0.4, -0.2) is 44.9 Å². The van der Waals surface area contributed by atoms with Gasteiger partial charge in [-0.2, -0.15) is 0 Å². The zero-order valence-electron chi connectivity index (χ0n) is 14.6. The van der Waals surface area contributed by atoms with Gasteiger partial charge in [-0.25, -0.2) is 4.68 Å². The van der Waals surface area contributed by atoms with Gasteiger partial charge in [-0.15, -0.1) is 29.9 Å². The summed E-state index contributed by atoms with van der Waals surface area (Å²) < 4.78 is 1.79. The van der Waals surface area contributed by atoms with Gasteiger partial charge in [0.05, 0.1) is 11.4 Å². The molecule has 2 aliphatic rings. The molecule has 0 saturated carbocycles. The molecule has 4 rings (SSSR count). The van der Waals surface area contributed by atoms with Gasteiger partial charge in [-0.1, -0.05) is 35.5 Å². The number of benzene rings is 1. The van der Waals surface area contributed by atoms with Crippen LogP contribution in [-0.2, 0) is 24.2 Å². The highest BCUT2D eigenvalue weighted by Crippen LogP contribution is 2.26. The number of amides is 1. The lowest BCUT2D eigenvalue weighted by atomic mass is 9.95. The van der Waals surface area contributed by atoms with Gasteiger partial charge < -0.3 is 10.6 Å². The smallest absolute Gasteiger partial charge is 0.244 e. The van der Waals surface area contributed by atoms with E-state index in [-0.39, 0.29) is 49.2 Å². The quantitative estimate of drug-likeness (QED) is 0.858. The Kier molecular flexibility index (Phi) is 7.03. The molecule has 2 N–H and O–H groups in total. The molecule has 0 spiro atoms. The van der Waals surface area contributed by atoms with Crippen molar-refractivity contribution < 1.29 is 4.79 Å². The van der Waals surface area contributed by atoms with Crippen LogP contribution < -0.4 is 5.73 Å². The Balaban J connectivity index is 0.00000121. The topological polar surface area (TPSA) is 77.0 Å². The largest absolute Gasteiger partial charge is 0.339 e. The molecule has 2 heterocycles. The van der Waals surface area contributed by atoms with Crippen molar-refractivity contribution in [2.45, 2.75) is 44.2 Å². The first-order valence-corrected chi connectivity index (χ1v) is 8.72. The van der Waals surface area contributed by atoms with Crippen molar-refractivity contribution in [2.75, 3.05) is 13.1 Å². The van der Waals surface area contributed by atoms with Gasteiger partial charge in [0.2, 0.25) is 5.91 Å². The lowest BCUT2D eigenvalue weighted by Gasteiger charge is -2.18. The Morgan fingerprint density at radius 1 is 1.12 bits per heavy atom. The summed E-state index contributed by atoms with van der Waals surface area (Å²) in [4.78, 5) is 14.6. The highest BCUT2D eigenvalue weighted by Gasteiger charge is 2.34. The van der Waals surface area contributed by atoms with E-state index in [1.165, 1.54) is 12.0 Å². The van der Waals surface area contributed by atoms with E-state index < -0.39 is 0 Å². The summed E-state index contributed by atoms with van der Waals surface area (Å²) in [5.41, 5.74) is 9.70. The molecule has 1 aliphatic heterocycles. The molecule has 1 aromatic heterocycles. The van der Waals surface area contributed by atoms with Crippen LogP contribution in [0.4, 0.5) is 0 Å². The zero-order valence-corrected chi connectivity index (χ0v) is 16.2. The maximum atomic E-state index is 12.7. The van der Waals surface area contributed by atoms with Crippen LogP contribution in [0.5, 0.6) is 0 Å². The third-order valence-corrected chi connectivity index (χ3v) is 5.23. The summed E-state index contributed by atoms with van der Waals surface area (Å²) in [7, 11) is 0. The number of hydrogen-bond acceptors (Lipinski definition) is 4. The maximum absolute atomic E-state index is 12.7. The number of nitrogens with zero attached hydrogens (tertiary/aromatic N) is 4. The molecule has 1 saturated heterocycles. The molecule has 8 heteroatoms. The number of aryl methyl sites for hydroxylation is 1. The van der Waals surface area contributed by atoms with Gasteiger partial charge in [0.15, 0.2) is 0 Å². The van der Waals surface area contributed by atoms with Crippen molar-refractivity contribution in [3.05, 3.63) is 47.3 Å². The van der Waals surface area contributed by atoms with E-state index in [1.807, 2.05) is 23.1 Å². The number of aromatic nitrogens is 3. The van der Waals surface area contributed by atoms with Crippen LogP contribution in [0.15, 0.2) is 30.3 Å². The lowest BCUT2D eigenvalue weighted by Crippen LogP contribution is -2.35. The monoisotopic (exact) mass is 397 g/mol. The highest BCUT2D eigenvalue weighted by atomic mass is 35.5. The summed E-state index contributed by atoms with van der Waals surface area (Å²) in [6.07, 6.45) is 4.27. The van der Waals surface area contributed by atoms with Crippen LogP contribution >= 0.6 is 24.8 Å². The van der Waals surface area contributed by atoms with E-state index in [2.05, 4.69) is 22.4 Å². The van der Waals surface area contributed by atoms with Gasteiger partial charge in [0.1, 0.15) is 6.54 Å². The van der Waals surface area contributed by atoms with Gasteiger partial charge in [0, 0.05) is 25.0 Å². The number of nitrogens with two attached hydrogens (primary N) is 1. The van der Waals surface area contributed by atoms with Crippen molar-refractivity contribution in [3.8, 4) is 0 Å². The number of carbonyl (C=O) groups excluding carboxylic acids is 1. The predicted octanol–water partition coefficient (Wildman–Crippen LogP) is 1.95. The molecule has 6 nitrogen and oxygen atoms in total. The van der Waals surface area contributed by atoms with Crippen molar-refractivity contribution in [2.24, 2.45) is 5.73 Å². The fourth-order valence-corrected chi connectivity index (χ4v) is 3.86. The Morgan fingerprint density at radius 3 is 2.62 bits per heavy atom. The standard InChI is InChI=1S/C18H23N5O.2ClH/c19-15-11-22(10-14(15)13-6-2-1-3-7-13)18(24)12-23-17-9-5-4-8-16(17)20-21-23;;/h1-3,6-7,14-15H,4-5,8-12,19H2;2*1H/t14-,15+;;/m0../s1. The third-order valence-electron chi connectivity index (χ3n) is 5.23. The summed E-state index contributed by atoms with van der Waals surface area (Å²) in [6.45, 7) is 1.56. The van der Waals surface area contributed by atoms with Crippen molar-refractivity contribution >= 4 is 30.7 Å². The first kappa shape index (κ1) is 20.7. The summed E-state index contributed by atoms with van der Waals surface area (Å²) in [5, 5.41) is 8.42. The van der Waals surface area contributed by atoms with E-state index in [9.17, 15) is 4.79 Å². The number of halogens is 2. The predicted molar refractivity (Wildman–Crippen MR) is 105 cm³/mol. The second-order valence-electron chi connectivity index (χ2n) is 6.83. The molecular weight excluding hydrogens is 373 g/mol. The van der Waals surface area contributed by atoms with Crippen molar-refractivity contribution in [1.29, 1.82) is 0 Å². The second-order valence-corrected chi connectivity index (χ2v) is 6.83. The summed E-state index contributed by atoms with van der Waals surface area (Å²) in [5.74, 6) is 0.293. The summed E-state index contributed by atoms with van der Waals surface area (Å²) in [6, 6.07) is 10.2. The highest BCUT2D eigenvalue weighted by molar-refractivity contribution is 5.85. The molecule has 142 valence electrons. The number of carbonyl (C=O) groups is 1. The SMILES string of the molecule is Cl.Cl.N[C@@H]1CN(C(=O)Cn2nnc3c2CCCC3)C[C@H]1c1ccccc1. The molecule has 0 bridgehead atoms. The number of likely N-dealkylation sites (tertiary alicyclic amines) is 1. The molecule has 1 fully saturated rings. The fourth-order valence-electron chi connectivity index (χ4n) is 3.86. The van der Waals surface area contributed by atoms with E-state index in [0.29, 0.717) is 13.1 Å². The van der Waals surface area contributed by atoms with Crippen molar-refractivity contribution in [1.82, 2.24) is 19.9 Å². The third kappa shape index (κ3) is 4.03. The summed E-state index contributed by atoms with van der Waals surface area (Å²) >= 11 is 0. The maximum Gasteiger partial charge on any atom is 0.244 e. The van der Waals surface area contributed by atoms with E-state index >= 15 is 0 Å². The zero-order chi connectivity index (χ0) is 16.5. The van der Waals surface area contributed by atoms with Gasteiger partial charge >= 0.3 is 0 Å².